The largest absolute Gasteiger partial charge is 0.361 e. The van der Waals surface area contributed by atoms with Crippen molar-refractivity contribution in [3.05, 3.63) is 88.0 Å². The molecule has 3 rings (SSSR count). The molecule has 0 saturated carbocycles. The third-order valence-corrected chi connectivity index (χ3v) is 4.17. The summed E-state index contributed by atoms with van der Waals surface area (Å²) >= 11 is 0. The summed E-state index contributed by atoms with van der Waals surface area (Å²) in [7, 11) is 1.86. The van der Waals surface area contributed by atoms with Gasteiger partial charge in [0.15, 0.2) is 0 Å². The summed E-state index contributed by atoms with van der Waals surface area (Å²) in [5.74, 6) is 0.865. The number of hydrogen-bond donors (Lipinski definition) is 0. The molecule has 0 unspecified atom stereocenters. The van der Waals surface area contributed by atoms with Crippen molar-refractivity contribution in [2.24, 2.45) is 0 Å². The molecule has 0 saturated heterocycles. The van der Waals surface area contributed by atoms with Gasteiger partial charge in [-0.25, -0.2) is 4.98 Å². The van der Waals surface area contributed by atoms with Gasteiger partial charge >= 0.3 is 0 Å². The van der Waals surface area contributed by atoms with Gasteiger partial charge in [-0.1, -0.05) is 42.5 Å². The quantitative estimate of drug-likeness (QED) is 0.507. The second kappa shape index (κ2) is 7.17. The van der Waals surface area contributed by atoms with Crippen LogP contribution in [0, 0.1) is 17.0 Å². The van der Waals surface area contributed by atoms with Crippen LogP contribution in [0.1, 0.15) is 17.0 Å². The van der Waals surface area contributed by atoms with Gasteiger partial charge in [-0.15, -0.1) is 0 Å². The highest BCUT2D eigenvalue weighted by Gasteiger charge is 2.20. The van der Waals surface area contributed by atoms with E-state index >= 15 is 0 Å². The van der Waals surface area contributed by atoms with Gasteiger partial charge in [0.25, 0.3) is 5.69 Å². The second-order valence-corrected chi connectivity index (χ2v) is 6.01. The van der Waals surface area contributed by atoms with Crippen molar-refractivity contribution in [2.75, 3.05) is 11.9 Å². The van der Waals surface area contributed by atoms with Crippen LogP contribution in [-0.4, -0.2) is 21.5 Å². The summed E-state index contributed by atoms with van der Waals surface area (Å²) in [4.78, 5) is 17.3. The molecule has 0 aliphatic rings. The van der Waals surface area contributed by atoms with Crippen LogP contribution in [0.2, 0.25) is 0 Å². The van der Waals surface area contributed by atoms with Crippen molar-refractivity contribution < 1.29 is 4.92 Å². The fourth-order valence-electron chi connectivity index (χ4n) is 2.99. The van der Waals surface area contributed by atoms with Crippen LogP contribution < -0.4 is 4.90 Å². The number of rotatable bonds is 6. The molecule has 1 heterocycles. The Balaban J connectivity index is 1.85. The Hall–Kier alpha value is -3.15. The smallest absolute Gasteiger partial charge is 0.292 e. The summed E-state index contributed by atoms with van der Waals surface area (Å²) in [5.41, 5.74) is 2.80. The molecule has 0 amide bonds. The minimum Gasteiger partial charge on any atom is -0.361 e. The van der Waals surface area contributed by atoms with E-state index < -0.39 is 0 Å². The van der Waals surface area contributed by atoms with Crippen LogP contribution in [0.5, 0.6) is 0 Å². The number of nitro groups is 1. The van der Waals surface area contributed by atoms with Crippen molar-refractivity contribution in [2.45, 2.75) is 20.0 Å². The zero-order valence-electron chi connectivity index (χ0n) is 14.3. The number of nitrogens with zero attached hydrogens (tertiary/aromatic N) is 4. The normalized spacial score (nSPS) is 10.6. The maximum Gasteiger partial charge on any atom is 0.292 e. The number of imidazole rings is 1. The molecule has 0 aliphatic carbocycles. The Morgan fingerprint density at radius 2 is 1.92 bits per heavy atom. The number of benzene rings is 2. The summed E-state index contributed by atoms with van der Waals surface area (Å²) in [5, 5.41) is 11.3. The zero-order chi connectivity index (χ0) is 17.8. The molecule has 6 nitrogen and oxygen atoms in total. The molecule has 128 valence electrons. The number of anilines is 1. The molecule has 0 aliphatic heterocycles. The van der Waals surface area contributed by atoms with Crippen molar-refractivity contribution in [1.29, 1.82) is 0 Å². The van der Waals surface area contributed by atoms with Crippen LogP contribution in [0.3, 0.4) is 0 Å². The molecule has 2 aromatic carbocycles. The van der Waals surface area contributed by atoms with Crippen molar-refractivity contribution in [1.82, 2.24) is 9.55 Å². The predicted octanol–water partition coefficient (Wildman–Crippen LogP) is 3.78. The summed E-state index contributed by atoms with van der Waals surface area (Å²) < 4.78 is 2.07. The zero-order valence-corrected chi connectivity index (χ0v) is 14.3. The number of hydrogen-bond acceptors (Lipinski definition) is 4. The number of para-hydroxylation sites is 1. The number of nitro benzene ring substituents is 1. The third kappa shape index (κ3) is 3.68. The van der Waals surface area contributed by atoms with Crippen LogP contribution >= 0.6 is 0 Å². The Morgan fingerprint density at radius 3 is 2.64 bits per heavy atom. The third-order valence-electron chi connectivity index (χ3n) is 4.17. The van der Waals surface area contributed by atoms with E-state index in [0.29, 0.717) is 12.2 Å². The Morgan fingerprint density at radius 1 is 1.16 bits per heavy atom. The maximum atomic E-state index is 11.3. The molecule has 0 N–H and O–H groups in total. The molecule has 0 atom stereocenters. The average molecular weight is 336 g/mol. The first-order chi connectivity index (χ1) is 12.1. The van der Waals surface area contributed by atoms with Gasteiger partial charge in [0.2, 0.25) is 0 Å². The fourth-order valence-corrected chi connectivity index (χ4v) is 2.99. The van der Waals surface area contributed by atoms with E-state index in [1.54, 1.807) is 12.3 Å². The highest BCUT2D eigenvalue weighted by Crippen LogP contribution is 2.31. The minimum atomic E-state index is -0.338. The van der Waals surface area contributed by atoms with E-state index in [1.165, 1.54) is 11.6 Å². The van der Waals surface area contributed by atoms with E-state index in [0.717, 1.165) is 17.9 Å². The van der Waals surface area contributed by atoms with Gasteiger partial charge in [-0.05, 0) is 18.1 Å². The van der Waals surface area contributed by atoms with Crippen LogP contribution in [-0.2, 0) is 13.1 Å². The molecular formula is C19H20N4O2. The lowest BCUT2D eigenvalue weighted by molar-refractivity contribution is -0.384. The fraction of sp³-hybridized carbons (Fsp3) is 0.211. The van der Waals surface area contributed by atoms with Gasteiger partial charge < -0.3 is 9.47 Å². The van der Waals surface area contributed by atoms with E-state index in [4.69, 9.17) is 0 Å². The average Bonchev–Trinajstić information content (AvgIpc) is 3.02. The lowest BCUT2D eigenvalue weighted by Crippen LogP contribution is -2.21. The Labute approximate surface area is 146 Å². The molecule has 0 fully saturated rings. The van der Waals surface area contributed by atoms with E-state index in [2.05, 4.69) is 21.7 Å². The first-order valence-electron chi connectivity index (χ1n) is 8.05. The monoisotopic (exact) mass is 336 g/mol. The lowest BCUT2D eigenvalue weighted by Gasteiger charge is -2.21. The standard InChI is InChI=1S/C19H20N4O2/c1-15-7-6-10-17(23(24)25)19(15)21(2)14-18-20-11-12-22(18)13-16-8-4-3-5-9-16/h3-12H,13-14H2,1-2H3. The van der Waals surface area contributed by atoms with Crippen LogP contribution in [0.15, 0.2) is 60.9 Å². The number of aromatic nitrogens is 2. The molecule has 25 heavy (non-hydrogen) atoms. The highest BCUT2D eigenvalue weighted by molar-refractivity contribution is 5.67. The summed E-state index contributed by atoms with van der Waals surface area (Å²) in [6.07, 6.45) is 3.70. The summed E-state index contributed by atoms with van der Waals surface area (Å²) in [6.45, 7) is 3.10. The number of aryl methyl sites for hydroxylation is 1. The molecule has 0 bridgehead atoms. The summed E-state index contributed by atoms with van der Waals surface area (Å²) in [6, 6.07) is 15.3. The first-order valence-corrected chi connectivity index (χ1v) is 8.05. The molecular weight excluding hydrogens is 316 g/mol. The minimum absolute atomic E-state index is 0.115. The van der Waals surface area contributed by atoms with E-state index in [9.17, 15) is 10.1 Å². The molecule has 0 spiro atoms. The molecule has 6 heteroatoms. The van der Waals surface area contributed by atoms with E-state index in [-0.39, 0.29) is 10.6 Å². The molecule has 3 aromatic rings. The van der Waals surface area contributed by atoms with E-state index in [1.807, 2.05) is 49.3 Å². The first kappa shape index (κ1) is 16.7. The topological polar surface area (TPSA) is 64.2 Å². The van der Waals surface area contributed by atoms with Crippen molar-refractivity contribution in [3.63, 3.8) is 0 Å². The second-order valence-electron chi connectivity index (χ2n) is 6.01. The Bertz CT molecular complexity index is 874. The SMILES string of the molecule is Cc1cccc([N+](=O)[O-])c1N(C)Cc1nccn1Cc1ccccc1. The maximum absolute atomic E-state index is 11.3. The van der Waals surface area contributed by atoms with Gasteiger partial charge in [-0.3, -0.25) is 10.1 Å². The van der Waals surface area contributed by atoms with Gasteiger partial charge in [0.05, 0.1) is 11.5 Å². The van der Waals surface area contributed by atoms with Crippen LogP contribution in [0.4, 0.5) is 11.4 Å². The lowest BCUT2D eigenvalue weighted by atomic mass is 10.1. The molecule has 1 aromatic heterocycles. The predicted molar refractivity (Wildman–Crippen MR) is 97.7 cm³/mol. The molecule has 0 radical (unpaired) electrons. The Kier molecular flexibility index (Phi) is 4.79. The van der Waals surface area contributed by atoms with Crippen LogP contribution in [0.25, 0.3) is 0 Å². The van der Waals surface area contributed by atoms with Gasteiger partial charge in [0, 0.05) is 32.1 Å². The van der Waals surface area contributed by atoms with Gasteiger partial charge in [0.1, 0.15) is 11.5 Å². The van der Waals surface area contributed by atoms with Crippen molar-refractivity contribution in [3.8, 4) is 0 Å². The highest BCUT2D eigenvalue weighted by atomic mass is 16.6. The van der Waals surface area contributed by atoms with Crippen molar-refractivity contribution >= 4 is 11.4 Å². The van der Waals surface area contributed by atoms with Gasteiger partial charge in [-0.2, -0.15) is 0 Å².